The fourth-order valence-electron chi connectivity index (χ4n) is 0.630. The highest BCUT2D eigenvalue weighted by atomic mass is 79.9. The summed E-state index contributed by atoms with van der Waals surface area (Å²) in [6, 6.07) is 5.59. The highest BCUT2D eigenvalue weighted by Gasteiger charge is 2.00. The summed E-state index contributed by atoms with van der Waals surface area (Å²) in [7, 11) is 0. The molecule has 1 aromatic rings. The number of rotatable bonds is 1. The largest absolute Gasteiger partial charge is 0.509 e. The Morgan fingerprint density at radius 2 is 2.00 bits per heavy atom. The summed E-state index contributed by atoms with van der Waals surface area (Å²) < 4.78 is 1.20. The second-order valence-corrected chi connectivity index (χ2v) is 5.42. The molecule has 4 heteroatoms. The molecule has 0 aliphatic heterocycles. The highest BCUT2D eigenvalue weighted by Crippen LogP contribution is 2.13. The number of hydrogen-bond acceptors (Lipinski definition) is 0. The molecule has 1 rings (SSSR count). The van der Waals surface area contributed by atoms with Gasteiger partial charge in [0.05, 0.1) is 0 Å². The maximum absolute atomic E-state index is 5.85. The van der Waals surface area contributed by atoms with Gasteiger partial charge in [-0.3, -0.25) is 12.9 Å². The molecular weight excluding hydrogens is 247 g/mol. The van der Waals surface area contributed by atoms with Crippen molar-refractivity contribution in [3.8, 4) is 0 Å². The van der Waals surface area contributed by atoms with E-state index >= 15 is 0 Å². The maximum Gasteiger partial charge on any atom is 0.509 e. The summed E-state index contributed by atoms with van der Waals surface area (Å²) in [6.45, 7) is 0. The van der Waals surface area contributed by atoms with Gasteiger partial charge in [-0.25, -0.2) is 0 Å². The van der Waals surface area contributed by atoms with Gasteiger partial charge in [-0.05, 0) is 12.1 Å². The first kappa shape index (κ1) is 9.14. The van der Waals surface area contributed by atoms with Crippen LogP contribution in [0.15, 0.2) is 18.2 Å². The summed E-state index contributed by atoms with van der Waals surface area (Å²) >= 11 is 14.7. The lowest BCUT2D eigenvalue weighted by molar-refractivity contribution is 1.76. The topological polar surface area (TPSA) is 0 Å². The molecule has 0 unspecified atom stereocenters. The van der Waals surface area contributed by atoms with Crippen LogP contribution >= 0.6 is 36.1 Å². The first-order valence-electron chi connectivity index (χ1n) is 2.74. The van der Waals surface area contributed by atoms with Crippen LogP contribution in [0.25, 0.3) is 0 Å². The third kappa shape index (κ3) is 2.27. The van der Waals surface area contributed by atoms with Gasteiger partial charge in [0.2, 0.25) is 0 Å². The molecule has 0 aliphatic rings. The molecule has 0 aromatic heterocycles. The van der Waals surface area contributed by atoms with Gasteiger partial charge < -0.3 is 0 Å². The van der Waals surface area contributed by atoms with E-state index in [1.165, 1.54) is 3.69 Å². The third-order valence-electron chi connectivity index (χ3n) is 1.16. The molecule has 0 spiro atoms. The van der Waals surface area contributed by atoms with E-state index in [0.717, 1.165) is 5.02 Å². The molecule has 0 aliphatic carbocycles. The molecule has 0 nitrogen and oxygen atoms in total. The Kier molecular flexibility index (Phi) is 3.81. The summed E-state index contributed by atoms with van der Waals surface area (Å²) in [6.07, 6.45) is 0. The SMILES string of the molecule is Clc1cc[c]([Mg][Br])c(Cl)c1. The van der Waals surface area contributed by atoms with Crippen molar-refractivity contribution in [1.82, 2.24) is 0 Å². The minimum Gasteiger partial charge on any atom is -0.296 e. The summed E-state index contributed by atoms with van der Waals surface area (Å²) in [5.41, 5.74) is 0. The van der Waals surface area contributed by atoms with Crippen LogP contribution in [0.5, 0.6) is 0 Å². The third-order valence-corrected chi connectivity index (χ3v) is 4.69. The van der Waals surface area contributed by atoms with Crippen LogP contribution in [0.3, 0.4) is 0 Å². The van der Waals surface area contributed by atoms with Crippen LogP contribution in [0, 0.1) is 0 Å². The minimum atomic E-state index is -0.332. The van der Waals surface area contributed by atoms with E-state index in [0.29, 0.717) is 5.02 Å². The Morgan fingerprint density at radius 3 is 2.50 bits per heavy atom. The minimum absolute atomic E-state index is 0.332. The molecule has 0 saturated heterocycles. The molecule has 1 aromatic carbocycles. The normalized spacial score (nSPS) is 9.10. The maximum atomic E-state index is 5.85. The van der Waals surface area contributed by atoms with Crippen molar-refractivity contribution in [1.29, 1.82) is 0 Å². The predicted octanol–water partition coefficient (Wildman–Crippen LogP) is 2.63. The Labute approximate surface area is 85.5 Å². The standard InChI is InChI=1S/C6H3Cl2.BrH.Mg/c7-5-2-1-3-6(8)4-5;;/h1-2,4H;1H;/q;;+1/p-1. The second kappa shape index (κ2) is 4.17. The van der Waals surface area contributed by atoms with Crippen LogP contribution in [0.4, 0.5) is 0 Å². The lowest BCUT2D eigenvalue weighted by atomic mass is 10.4. The zero-order valence-corrected chi connectivity index (χ0v) is 9.59. The van der Waals surface area contributed by atoms with Crippen molar-refractivity contribution in [2.45, 2.75) is 0 Å². The molecule has 0 amide bonds. The van der Waals surface area contributed by atoms with Crippen molar-refractivity contribution in [2.75, 3.05) is 0 Å². The number of benzene rings is 1. The van der Waals surface area contributed by atoms with E-state index < -0.39 is 0 Å². The monoisotopic (exact) mass is 248 g/mol. The fourth-order valence-corrected chi connectivity index (χ4v) is 3.63. The molecule has 0 bridgehead atoms. The van der Waals surface area contributed by atoms with Crippen molar-refractivity contribution in [3.05, 3.63) is 28.2 Å². The summed E-state index contributed by atoms with van der Waals surface area (Å²) in [5.74, 6) is 0. The second-order valence-electron chi connectivity index (χ2n) is 1.87. The van der Waals surface area contributed by atoms with Crippen molar-refractivity contribution < 1.29 is 0 Å². The van der Waals surface area contributed by atoms with Gasteiger partial charge in [-0.1, -0.05) is 29.3 Å². The Balaban J connectivity index is 3.07. The average Bonchev–Trinajstić information content (AvgIpc) is 1.88. The Bertz CT molecular complexity index is 239. The Hall–Kier alpha value is 1.05. The van der Waals surface area contributed by atoms with Gasteiger partial charge in [-0.15, -0.1) is 3.69 Å². The Morgan fingerprint density at radius 1 is 1.30 bits per heavy atom. The fraction of sp³-hybridized carbons (Fsp3) is 0. The van der Waals surface area contributed by atoms with E-state index in [1.54, 1.807) is 6.07 Å². The molecule has 0 atom stereocenters. The highest BCUT2D eigenvalue weighted by molar-refractivity contribution is 9.23. The predicted molar refractivity (Wildman–Crippen MR) is 50.8 cm³/mol. The van der Waals surface area contributed by atoms with Crippen LogP contribution in [0.1, 0.15) is 0 Å². The van der Waals surface area contributed by atoms with E-state index in [9.17, 15) is 0 Å². The molecule has 0 N–H and O–H groups in total. The van der Waals surface area contributed by atoms with E-state index in [1.807, 2.05) is 12.1 Å². The zero-order chi connectivity index (χ0) is 7.56. The van der Waals surface area contributed by atoms with Crippen LogP contribution < -0.4 is 3.69 Å². The smallest absolute Gasteiger partial charge is 0.296 e. The van der Waals surface area contributed by atoms with Crippen molar-refractivity contribution in [2.24, 2.45) is 0 Å². The zero-order valence-electron chi connectivity index (χ0n) is 5.07. The van der Waals surface area contributed by atoms with Crippen LogP contribution in [-0.4, -0.2) is 18.2 Å². The van der Waals surface area contributed by atoms with Gasteiger partial charge in [0.15, 0.2) is 0 Å². The molecule has 10 heavy (non-hydrogen) atoms. The summed E-state index contributed by atoms with van der Waals surface area (Å²) in [5, 5.41) is 1.47. The lowest BCUT2D eigenvalue weighted by Crippen LogP contribution is -2.08. The summed E-state index contributed by atoms with van der Waals surface area (Å²) in [4.78, 5) is 0. The molecule has 50 valence electrons. The molecule has 0 fully saturated rings. The molecule has 0 heterocycles. The van der Waals surface area contributed by atoms with Gasteiger partial charge in [0, 0.05) is 10.0 Å². The molecular formula is C6H3BrCl2Mg. The average molecular weight is 250 g/mol. The van der Waals surface area contributed by atoms with E-state index in [2.05, 4.69) is 12.9 Å². The number of halogens is 3. The number of hydrogen-bond donors (Lipinski definition) is 0. The van der Waals surface area contributed by atoms with Gasteiger partial charge in [0.1, 0.15) is 0 Å². The van der Waals surface area contributed by atoms with Gasteiger partial charge in [-0.2, -0.15) is 0 Å². The lowest BCUT2D eigenvalue weighted by Gasteiger charge is -1.98. The van der Waals surface area contributed by atoms with Crippen LogP contribution in [0.2, 0.25) is 10.0 Å². The van der Waals surface area contributed by atoms with Crippen molar-refractivity contribution in [3.63, 3.8) is 0 Å². The van der Waals surface area contributed by atoms with Gasteiger partial charge in [0.25, 0.3) is 0 Å². The molecule has 0 saturated carbocycles. The quantitative estimate of drug-likeness (QED) is 0.672. The first-order valence-corrected chi connectivity index (χ1v) is 8.10. The van der Waals surface area contributed by atoms with E-state index in [4.69, 9.17) is 23.2 Å². The van der Waals surface area contributed by atoms with E-state index in [-0.39, 0.29) is 18.2 Å². The van der Waals surface area contributed by atoms with Crippen molar-refractivity contribution >= 4 is 58.0 Å². The molecule has 0 radical (unpaired) electrons. The first-order chi connectivity index (χ1) is 4.74. The van der Waals surface area contributed by atoms with Gasteiger partial charge >= 0.3 is 18.2 Å². The van der Waals surface area contributed by atoms with Crippen LogP contribution in [-0.2, 0) is 0 Å².